The minimum absolute atomic E-state index is 0.0296. The van der Waals surface area contributed by atoms with Crippen molar-refractivity contribution in [3.8, 4) is 28.4 Å². The monoisotopic (exact) mass is 304 g/mol. The smallest absolute Gasteiger partial charge is 0.204 e. The first kappa shape index (κ1) is 13.3. The van der Waals surface area contributed by atoms with E-state index >= 15 is 0 Å². The molecule has 3 aromatic rings. The Morgan fingerprint density at radius 2 is 1.71 bits per heavy atom. The number of hydrogen-bond acceptors (Lipinski definition) is 5. The van der Waals surface area contributed by atoms with Gasteiger partial charge in [-0.1, -0.05) is 23.7 Å². The molecule has 0 aliphatic carbocycles. The number of phenolic OH excluding ortho intramolecular Hbond substituents is 3. The zero-order valence-electron chi connectivity index (χ0n) is 10.5. The van der Waals surface area contributed by atoms with Crippen LogP contribution in [0.25, 0.3) is 22.1 Å². The second kappa shape index (κ2) is 4.71. The summed E-state index contributed by atoms with van der Waals surface area (Å²) < 4.78 is 5.28. The first-order chi connectivity index (χ1) is 9.99. The first-order valence-corrected chi connectivity index (χ1v) is 6.32. The Kier molecular flexibility index (Phi) is 2.99. The van der Waals surface area contributed by atoms with Gasteiger partial charge < -0.3 is 19.7 Å². The number of phenols is 3. The summed E-state index contributed by atoms with van der Waals surface area (Å²) in [5.41, 5.74) is 0.273. The van der Waals surface area contributed by atoms with Crippen LogP contribution in [0.1, 0.15) is 0 Å². The topological polar surface area (TPSA) is 90.9 Å². The Balaban J connectivity index is 2.35. The Hall–Kier alpha value is -2.66. The third-order valence-corrected chi connectivity index (χ3v) is 3.51. The molecule has 0 aliphatic rings. The van der Waals surface area contributed by atoms with Crippen molar-refractivity contribution in [1.29, 1.82) is 0 Å². The Morgan fingerprint density at radius 3 is 2.38 bits per heavy atom. The molecule has 0 saturated heterocycles. The molecular formula is C15H9ClO5. The van der Waals surface area contributed by atoms with Crippen LogP contribution in [0.5, 0.6) is 17.2 Å². The molecule has 0 amide bonds. The van der Waals surface area contributed by atoms with E-state index < -0.39 is 11.2 Å². The molecule has 3 N–H and O–H groups in total. The standard InChI is InChI=1S/C15H9ClO5/c16-13-10(18)5-11-12(15(13)20)14(19)9(6-21-11)7-1-3-8(17)4-2-7/h1-6,17-18,20H. The van der Waals surface area contributed by atoms with E-state index in [2.05, 4.69) is 0 Å². The lowest BCUT2D eigenvalue weighted by molar-refractivity contribution is 0.452. The molecule has 0 aliphatic heterocycles. The minimum Gasteiger partial charge on any atom is -0.508 e. The van der Waals surface area contributed by atoms with Crippen LogP contribution >= 0.6 is 11.6 Å². The summed E-state index contributed by atoms with van der Waals surface area (Å²) in [7, 11) is 0. The van der Waals surface area contributed by atoms with Crippen LogP contribution in [-0.4, -0.2) is 15.3 Å². The lowest BCUT2D eigenvalue weighted by Crippen LogP contribution is -2.05. The van der Waals surface area contributed by atoms with E-state index in [4.69, 9.17) is 16.0 Å². The van der Waals surface area contributed by atoms with E-state index in [1.165, 1.54) is 24.5 Å². The molecule has 5 nitrogen and oxygen atoms in total. The zero-order chi connectivity index (χ0) is 15.1. The van der Waals surface area contributed by atoms with Gasteiger partial charge in [0.15, 0.2) is 5.75 Å². The van der Waals surface area contributed by atoms with Crippen molar-refractivity contribution in [1.82, 2.24) is 0 Å². The highest BCUT2D eigenvalue weighted by molar-refractivity contribution is 6.34. The van der Waals surface area contributed by atoms with Crippen LogP contribution in [0.3, 0.4) is 0 Å². The van der Waals surface area contributed by atoms with Crippen molar-refractivity contribution < 1.29 is 19.7 Å². The quantitative estimate of drug-likeness (QED) is 0.642. The van der Waals surface area contributed by atoms with Gasteiger partial charge in [0.1, 0.15) is 33.8 Å². The number of benzene rings is 2. The van der Waals surface area contributed by atoms with E-state index in [9.17, 15) is 20.1 Å². The SMILES string of the molecule is O=c1c(-c2ccc(O)cc2)coc2cc(O)c(Cl)c(O)c12. The number of rotatable bonds is 1. The van der Waals surface area contributed by atoms with Gasteiger partial charge >= 0.3 is 0 Å². The van der Waals surface area contributed by atoms with E-state index in [-0.39, 0.29) is 33.1 Å². The molecule has 106 valence electrons. The fraction of sp³-hybridized carbons (Fsp3) is 0. The third kappa shape index (κ3) is 2.08. The van der Waals surface area contributed by atoms with Gasteiger partial charge in [0.2, 0.25) is 5.43 Å². The van der Waals surface area contributed by atoms with Gasteiger partial charge in [0, 0.05) is 6.07 Å². The predicted molar refractivity (Wildman–Crippen MR) is 77.9 cm³/mol. The van der Waals surface area contributed by atoms with Crippen molar-refractivity contribution in [2.75, 3.05) is 0 Å². The second-order valence-electron chi connectivity index (χ2n) is 4.46. The molecule has 0 fully saturated rings. The van der Waals surface area contributed by atoms with E-state index in [1.54, 1.807) is 12.1 Å². The molecule has 1 aromatic heterocycles. The molecule has 0 spiro atoms. The molecule has 1 heterocycles. The van der Waals surface area contributed by atoms with E-state index in [1.807, 2.05) is 0 Å². The summed E-state index contributed by atoms with van der Waals surface area (Å²) in [5, 5.41) is 28.3. The maximum absolute atomic E-state index is 12.5. The van der Waals surface area contributed by atoms with Crippen LogP contribution in [0.4, 0.5) is 0 Å². The van der Waals surface area contributed by atoms with Crippen molar-refractivity contribution in [3.05, 3.63) is 51.8 Å². The molecule has 0 saturated carbocycles. The number of aromatic hydroxyl groups is 3. The van der Waals surface area contributed by atoms with Crippen LogP contribution < -0.4 is 5.43 Å². The van der Waals surface area contributed by atoms with Crippen LogP contribution in [0.15, 0.2) is 45.8 Å². The first-order valence-electron chi connectivity index (χ1n) is 5.94. The highest BCUT2D eigenvalue weighted by atomic mass is 35.5. The number of hydrogen-bond donors (Lipinski definition) is 3. The van der Waals surface area contributed by atoms with Gasteiger partial charge in [0.25, 0.3) is 0 Å². The molecule has 0 unspecified atom stereocenters. The molecule has 3 rings (SSSR count). The Bertz CT molecular complexity index is 897. The summed E-state index contributed by atoms with van der Waals surface area (Å²) in [6.45, 7) is 0. The van der Waals surface area contributed by atoms with Crippen LogP contribution in [0.2, 0.25) is 5.02 Å². The van der Waals surface area contributed by atoms with Crippen molar-refractivity contribution >= 4 is 22.6 Å². The molecule has 0 atom stereocenters. The fourth-order valence-electron chi connectivity index (χ4n) is 2.07. The maximum Gasteiger partial charge on any atom is 0.204 e. The average molecular weight is 305 g/mol. The maximum atomic E-state index is 12.5. The second-order valence-corrected chi connectivity index (χ2v) is 4.83. The van der Waals surface area contributed by atoms with Crippen LogP contribution in [-0.2, 0) is 0 Å². The largest absolute Gasteiger partial charge is 0.508 e. The molecule has 21 heavy (non-hydrogen) atoms. The molecular weight excluding hydrogens is 296 g/mol. The van der Waals surface area contributed by atoms with Gasteiger partial charge in [0.05, 0.1) is 5.56 Å². The van der Waals surface area contributed by atoms with Gasteiger partial charge in [-0.25, -0.2) is 0 Å². The van der Waals surface area contributed by atoms with Crippen molar-refractivity contribution in [3.63, 3.8) is 0 Å². The summed E-state index contributed by atoms with van der Waals surface area (Å²) in [4.78, 5) is 12.5. The minimum atomic E-state index is -0.527. The zero-order valence-corrected chi connectivity index (χ0v) is 11.3. The Morgan fingerprint density at radius 1 is 1.05 bits per heavy atom. The van der Waals surface area contributed by atoms with Gasteiger partial charge in [-0.3, -0.25) is 4.79 Å². The molecule has 0 radical (unpaired) electrons. The normalized spacial score (nSPS) is 10.9. The number of halogens is 1. The number of fused-ring (bicyclic) bond motifs is 1. The predicted octanol–water partition coefficient (Wildman–Crippen LogP) is 3.23. The van der Waals surface area contributed by atoms with Gasteiger partial charge in [-0.15, -0.1) is 0 Å². The lowest BCUT2D eigenvalue weighted by atomic mass is 10.0. The average Bonchev–Trinajstić information content (AvgIpc) is 2.46. The molecule has 2 aromatic carbocycles. The van der Waals surface area contributed by atoms with E-state index in [0.29, 0.717) is 5.56 Å². The fourth-order valence-corrected chi connectivity index (χ4v) is 2.22. The highest BCUT2D eigenvalue weighted by Crippen LogP contribution is 2.38. The summed E-state index contributed by atoms with van der Waals surface area (Å²) in [5.74, 6) is -0.831. The van der Waals surface area contributed by atoms with Gasteiger partial charge in [-0.05, 0) is 17.7 Å². The molecule has 6 heteroatoms. The van der Waals surface area contributed by atoms with E-state index in [0.717, 1.165) is 0 Å². The van der Waals surface area contributed by atoms with Crippen molar-refractivity contribution in [2.24, 2.45) is 0 Å². The van der Waals surface area contributed by atoms with Crippen LogP contribution in [0, 0.1) is 0 Å². The summed E-state index contributed by atoms with van der Waals surface area (Å²) in [6, 6.07) is 7.13. The van der Waals surface area contributed by atoms with Crippen molar-refractivity contribution in [2.45, 2.75) is 0 Å². The third-order valence-electron chi connectivity index (χ3n) is 3.14. The Labute approximate surface area is 123 Å². The summed E-state index contributed by atoms with van der Waals surface area (Å²) in [6.07, 6.45) is 1.23. The molecule has 0 bridgehead atoms. The van der Waals surface area contributed by atoms with Gasteiger partial charge in [-0.2, -0.15) is 0 Å². The lowest BCUT2D eigenvalue weighted by Gasteiger charge is -2.06. The highest BCUT2D eigenvalue weighted by Gasteiger charge is 2.17. The summed E-state index contributed by atoms with van der Waals surface area (Å²) >= 11 is 5.73.